The molecule has 41 heavy (non-hydrogen) atoms. The van der Waals surface area contributed by atoms with Crippen LogP contribution in [-0.4, -0.2) is 45.4 Å². The minimum Gasteiger partial charge on any atom is -0.492 e. The number of hydrogen-bond acceptors (Lipinski definition) is 7. The van der Waals surface area contributed by atoms with Crippen LogP contribution in [0, 0.1) is 13.8 Å². The summed E-state index contributed by atoms with van der Waals surface area (Å²) in [5, 5.41) is 18.9. The molecule has 0 amide bonds. The fourth-order valence-electron chi connectivity index (χ4n) is 5.58. The van der Waals surface area contributed by atoms with E-state index < -0.39 is 22.2 Å². The molecule has 3 aliphatic heterocycles. The van der Waals surface area contributed by atoms with E-state index in [4.69, 9.17) is 20.5 Å². The molecule has 4 aromatic rings. The number of carboxylic acids is 1. The molecular formula is C29H29ClN4O6S. The van der Waals surface area contributed by atoms with Crippen LogP contribution in [-0.2, 0) is 34.7 Å². The zero-order valence-corrected chi connectivity index (χ0v) is 24.2. The molecule has 0 spiro atoms. The lowest BCUT2D eigenvalue weighted by atomic mass is 9.84. The van der Waals surface area contributed by atoms with E-state index >= 15 is 0 Å². The zero-order chi connectivity index (χ0) is 28.9. The van der Waals surface area contributed by atoms with Crippen molar-refractivity contribution in [1.29, 1.82) is 0 Å². The highest BCUT2D eigenvalue weighted by Gasteiger charge is 2.33. The second-order valence-corrected chi connectivity index (χ2v) is 12.5. The molecule has 2 unspecified atom stereocenters. The lowest BCUT2D eigenvalue weighted by Crippen LogP contribution is -2.37. The Balaban J connectivity index is 1.48. The summed E-state index contributed by atoms with van der Waals surface area (Å²) >= 11 is 6.41. The molecule has 1 N–H and O–H groups in total. The molecule has 2 atom stereocenters. The first-order chi connectivity index (χ1) is 19.6. The molecule has 3 aliphatic rings. The van der Waals surface area contributed by atoms with E-state index in [1.165, 1.54) is 10.4 Å². The molecule has 0 saturated carbocycles. The first-order valence-corrected chi connectivity index (χ1v) is 15.1. The SMILES string of the molecule is Cc1ccc2cc1CN1Cc3cc(c(Cl)cc3OS1(=O)=O)OCCCCn1nnc3c(C)c(ccc31)C2CC(=O)O. The summed E-state index contributed by atoms with van der Waals surface area (Å²) in [5.74, 6) is -0.757. The van der Waals surface area contributed by atoms with Crippen LogP contribution in [0.4, 0.5) is 0 Å². The fraction of sp³-hybridized carbons (Fsp3) is 0.345. The molecule has 0 aliphatic carbocycles. The van der Waals surface area contributed by atoms with Crippen LogP contribution in [0.5, 0.6) is 11.5 Å². The van der Waals surface area contributed by atoms with Gasteiger partial charge in [0.25, 0.3) is 0 Å². The van der Waals surface area contributed by atoms with Crippen LogP contribution in [0.15, 0.2) is 42.5 Å². The van der Waals surface area contributed by atoms with E-state index in [1.807, 2.05) is 48.9 Å². The number of carbonyl (C=O) groups is 1. The average molecular weight is 597 g/mol. The molecule has 0 radical (unpaired) electrons. The molecule has 214 valence electrons. The second-order valence-electron chi connectivity index (χ2n) is 10.6. The number of carboxylic acid groups (broad SMARTS) is 1. The molecular weight excluding hydrogens is 568 g/mol. The van der Waals surface area contributed by atoms with E-state index in [0.29, 0.717) is 24.5 Å². The van der Waals surface area contributed by atoms with Gasteiger partial charge in [0.2, 0.25) is 0 Å². The van der Waals surface area contributed by atoms with Crippen molar-refractivity contribution in [3.05, 3.63) is 80.9 Å². The number of aryl methyl sites for hydroxylation is 3. The highest BCUT2D eigenvalue weighted by Crippen LogP contribution is 2.39. The molecule has 1 aromatic heterocycles. The van der Waals surface area contributed by atoms with Gasteiger partial charge in [0, 0.05) is 37.2 Å². The van der Waals surface area contributed by atoms with Gasteiger partial charge in [-0.2, -0.15) is 12.7 Å². The maximum absolute atomic E-state index is 13.1. The first kappa shape index (κ1) is 27.5. The highest BCUT2D eigenvalue weighted by molar-refractivity contribution is 7.84. The van der Waals surface area contributed by atoms with Crippen LogP contribution >= 0.6 is 11.6 Å². The summed E-state index contributed by atoms with van der Waals surface area (Å²) in [4.78, 5) is 12.0. The van der Waals surface area contributed by atoms with Crippen LogP contribution in [0.3, 0.4) is 0 Å². The van der Waals surface area contributed by atoms with Gasteiger partial charge in [-0.25, -0.2) is 4.68 Å². The van der Waals surface area contributed by atoms with Crippen molar-refractivity contribution in [2.75, 3.05) is 6.61 Å². The Kier molecular flexibility index (Phi) is 7.13. The summed E-state index contributed by atoms with van der Waals surface area (Å²) in [5.41, 5.74) is 6.36. The molecule has 12 heteroatoms. The lowest BCUT2D eigenvalue weighted by molar-refractivity contribution is -0.137. The Labute approximate surface area is 242 Å². The summed E-state index contributed by atoms with van der Waals surface area (Å²) in [6.45, 7) is 5.02. The average Bonchev–Trinajstić information content (AvgIpc) is 3.33. The molecule has 3 aromatic carbocycles. The Morgan fingerprint density at radius 3 is 2.68 bits per heavy atom. The van der Waals surface area contributed by atoms with Crippen molar-refractivity contribution < 1.29 is 27.2 Å². The molecule has 7 rings (SSSR count). The van der Waals surface area contributed by atoms with Gasteiger partial charge in [-0.05, 0) is 66.6 Å². The minimum atomic E-state index is -4.10. The Morgan fingerprint density at radius 1 is 1.07 bits per heavy atom. The van der Waals surface area contributed by atoms with Crippen molar-refractivity contribution in [2.24, 2.45) is 0 Å². The van der Waals surface area contributed by atoms with E-state index in [9.17, 15) is 18.3 Å². The third-order valence-electron chi connectivity index (χ3n) is 7.85. The van der Waals surface area contributed by atoms with E-state index in [2.05, 4.69) is 10.3 Å². The Morgan fingerprint density at radius 2 is 1.88 bits per heavy atom. The number of hydrogen-bond donors (Lipinski definition) is 1. The monoisotopic (exact) mass is 596 g/mol. The summed E-state index contributed by atoms with van der Waals surface area (Å²) in [7, 11) is -4.10. The van der Waals surface area contributed by atoms with Crippen molar-refractivity contribution in [1.82, 2.24) is 19.3 Å². The van der Waals surface area contributed by atoms with Gasteiger partial charge in [0.15, 0.2) is 0 Å². The van der Waals surface area contributed by atoms with Gasteiger partial charge in [-0.1, -0.05) is 41.1 Å². The minimum absolute atomic E-state index is 0.0480. The number of rotatable bonds is 2. The van der Waals surface area contributed by atoms with Gasteiger partial charge >= 0.3 is 16.3 Å². The quantitative estimate of drug-likeness (QED) is 0.338. The highest BCUT2D eigenvalue weighted by atomic mass is 35.5. The number of benzene rings is 3. The van der Waals surface area contributed by atoms with Gasteiger partial charge in [0.05, 0.1) is 23.6 Å². The normalized spacial score (nSPS) is 20.1. The van der Waals surface area contributed by atoms with E-state index in [0.717, 1.165) is 51.7 Å². The van der Waals surface area contributed by atoms with Crippen LogP contribution in [0.25, 0.3) is 11.0 Å². The van der Waals surface area contributed by atoms with Crippen LogP contribution in [0.2, 0.25) is 5.02 Å². The zero-order valence-electron chi connectivity index (χ0n) is 22.6. The summed E-state index contributed by atoms with van der Waals surface area (Å²) in [6, 6.07) is 12.8. The Bertz CT molecular complexity index is 1790. The van der Waals surface area contributed by atoms with Gasteiger partial charge in [-0.3, -0.25) is 4.79 Å². The lowest BCUT2D eigenvalue weighted by Gasteiger charge is -2.29. The van der Waals surface area contributed by atoms with Crippen molar-refractivity contribution in [2.45, 2.75) is 58.7 Å². The van der Waals surface area contributed by atoms with Crippen LogP contribution < -0.4 is 8.92 Å². The number of nitrogens with zero attached hydrogens (tertiary/aromatic N) is 4. The van der Waals surface area contributed by atoms with Gasteiger partial charge in [0.1, 0.15) is 17.0 Å². The Hall–Kier alpha value is -3.67. The third-order valence-corrected chi connectivity index (χ3v) is 9.43. The van der Waals surface area contributed by atoms with E-state index in [1.54, 1.807) is 6.07 Å². The van der Waals surface area contributed by atoms with Crippen molar-refractivity contribution in [3.63, 3.8) is 0 Å². The maximum atomic E-state index is 13.1. The fourth-order valence-corrected chi connectivity index (χ4v) is 6.87. The standard InChI is InChI=1S/C29H29ClN4O6S/c1-17-5-6-19-11-20(17)15-33-16-21-12-27(24(30)14-26(21)40-41(33,37)38)39-10-4-3-9-34-25-8-7-22(23(19)13-28(35)36)18(2)29(25)31-32-34/h5-8,11-12,14,23H,3-4,9-10,13,15-16H2,1-2H3,(H,35,36). The van der Waals surface area contributed by atoms with E-state index in [-0.39, 0.29) is 30.3 Å². The first-order valence-electron chi connectivity index (χ1n) is 13.4. The molecule has 9 bridgehead atoms. The maximum Gasteiger partial charge on any atom is 0.385 e. The molecule has 4 heterocycles. The smallest absolute Gasteiger partial charge is 0.385 e. The molecule has 0 fully saturated rings. The topological polar surface area (TPSA) is 124 Å². The third kappa shape index (κ3) is 5.25. The molecule has 0 saturated heterocycles. The summed E-state index contributed by atoms with van der Waals surface area (Å²) in [6.07, 6.45) is 1.38. The second kappa shape index (κ2) is 10.6. The predicted octanol–water partition coefficient (Wildman–Crippen LogP) is 5.12. The summed E-state index contributed by atoms with van der Waals surface area (Å²) < 4.78 is 40.8. The number of fused-ring (bicyclic) bond motifs is 5. The van der Waals surface area contributed by atoms with Crippen LogP contribution in [0.1, 0.15) is 58.6 Å². The number of aromatic nitrogens is 3. The number of halogens is 1. The predicted molar refractivity (Wildman–Crippen MR) is 153 cm³/mol. The number of ether oxygens (including phenoxy) is 1. The molecule has 10 nitrogen and oxygen atoms in total. The van der Waals surface area contributed by atoms with Gasteiger partial charge < -0.3 is 14.0 Å². The largest absolute Gasteiger partial charge is 0.492 e. The van der Waals surface area contributed by atoms with Gasteiger partial charge in [-0.15, -0.1) is 5.10 Å². The number of aliphatic carboxylic acids is 1. The van der Waals surface area contributed by atoms with Crippen molar-refractivity contribution >= 4 is 38.9 Å². The van der Waals surface area contributed by atoms with Crippen molar-refractivity contribution in [3.8, 4) is 11.5 Å².